The van der Waals surface area contributed by atoms with Crippen LogP contribution in [0.2, 0.25) is 0 Å². The van der Waals surface area contributed by atoms with Crippen molar-refractivity contribution >= 4 is 5.91 Å². The van der Waals surface area contributed by atoms with Gasteiger partial charge < -0.3 is 50.5 Å². The quantitative estimate of drug-likeness (QED) is 0.0219. The first-order valence-corrected chi connectivity index (χ1v) is 24.6. The molecule has 1 unspecified atom stereocenters. The lowest BCUT2D eigenvalue weighted by Gasteiger charge is -2.40. The number of ether oxygens (including phenoxy) is 2. The molecular weight excluding hydrogens is 751 g/mol. The van der Waals surface area contributed by atoms with Gasteiger partial charge in [-0.05, 0) is 38.5 Å². The number of hydrogen-bond donors (Lipinski definition) is 8. The largest absolute Gasteiger partial charge is 0.394 e. The number of carbonyl (C=O) groups is 1. The number of aliphatic hydroxyl groups is 7. The minimum Gasteiger partial charge on any atom is -0.394 e. The summed E-state index contributed by atoms with van der Waals surface area (Å²) in [7, 11) is 0. The van der Waals surface area contributed by atoms with Crippen molar-refractivity contribution < 1.29 is 50.0 Å². The van der Waals surface area contributed by atoms with E-state index in [-0.39, 0.29) is 12.8 Å². The second kappa shape index (κ2) is 38.5. The van der Waals surface area contributed by atoms with Crippen LogP contribution in [0, 0.1) is 0 Å². The molecule has 9 atom stereocenters. The Bertz CT molecular complexity index is 970. The van der Waals surface area contributed by atoms with Gasteiger partial charge in [-0.2, -0.15) is 0 Å². The minimum atomic E-state index is -1.66. The molecule has 0 aliphatic carbocycles. The highest BCUT2D eigenvalue weighted by molar-refractivity contribution is 5.80. The summed E-state index contributed by atoms with van der Waals surface area (Å²) in [6.45, 7) is 3.43. The number of allylic oxidation sites excluding steroid dienone is 2. The van der Waals surface area contributed by atoms with Gasteiger partial charge in [0.1, 0.15) is 36.6 Å². The number of carbonyl (C=O) groups excluding carboxylic acids is 1. The number of hydrogen-bond acceptors (Lipinski definition) is 10. The molecule has 1 aliphatic heterocycles. The Kier molecular flexibility index (Phi) is 36.5. The van der Waals surface area contributed by atoms with Crippen molar-refractivity contribution in [3.63, 3.8) is 0 Å². The van der Waals surface area contributed by atoms with Gasteiger partial charge in [-0.15, -0.1) is 0 Å². The molecule has 0 radical (unpaired) electrons. The molecule has 0 saturated carbocycles. The fourth-order valence-electron chi connectivity index (χ4n) is 7.96. The molecule has 1 amide bonds. The first-order chi connectivity index (χ1) is 28.7. The van der Waals surface area contributed by atoms with Crippen LogP contribution in [0.25, 0.3) is 0 Å². The van der Waals surface area contributed by atoms with Gasteiger partial charge in [-0.1, -0.05) is 193 Å². The zero-order valence-electron chi connectivity index (χ0n) is 37.7. The Morgan fingerprint density at radius 1 is 0.576 bits per heavy atom. The molecule has 0 aromatic carbocycles. The van der Waals surface area contributed by atoms with Crippen LogP contribution in [0.3, 0.4) is 0 Å². The highest BCUT2D eigenvalue weighted by atomic mass is 16.7. The molecule has 11 heteroatoms. The van der Waals surface area contributed by atoms with E-state index in [0.717, 1.165) is 38.5 Å². The summed E-state index contributed by atoms with van der Waals surface area (Å²) in [6.07, 6.45) is 29.8. The number of rotatable bonds is 41. The lowest BCUT2D eigenvalue weighted by Crippen LogP contribution is -2.60. The zero-order chi connectivity index (χ0) is 43.4. The van der Waals surface area contributed by atoms with Crippen LogP contribution in [-0.4, -0.2) is 110 Å². The van der Waals surface area contributed by atoms with E-state index in [4.69, 9.17) is 9.47 Å². The van der Waals surface area contributed by atoms with E-state index in [0.29, 0.717) is 12.8 Å². The Morgan fingerprint density at radius 3 is 1.44 bits per heavy atom. The molecule has 1 saturated heterocycles. The van der Waals surface area contributed by atoms with Gasteiger partial charge in [0, 0.05) is 0 Å². The molecule has 0 aromatic rings. The molecule has 8 N–H and O–H groups in total. The average molecular weight is 844 g/mol. The van der Waals surface area contributed by atoms with Crippen molar-refractivity contribution in [2.24, 2.45) is 0 Å². The van der Waals surface area contributed by atoms with Crippen molar-refractivity contribution in [1.82, 2.24) is 5.32 Å². The second-order valence-electron chi connectivity index (χ2n) is 17.5. The molecule has 1 rings (SSSR count). The number of amides is 1. The summed E-state index contributed by atoms with van der Waals surface area (Å²) in [5.74, 6) is -0.702. The molecule has 59 heavy (non-hydrogen) atoms. The van der Waals surface area contributed by atoms with Crippen molar-refractivity contribution in [2.45, 2.75) is 274 Å². The monoisotopic (exact) mass is 844 g/mol. The summed E-state index contributed by atoms with van der Waals surface area (Å²) in [6, 6.07) is -1.17. The molecule has 1 fully saturated rings. The third kappa shape index (κ3) is 28.2. The highest BCUT2D eigenvalue weighted by Crippen LogP contribution is 2.23. The highest BCUT2D eigenvalue weighted by Gasteiger charge is 2.44. The summed E-state index contributed by atoms with van der Waals surface area (Å²) in [5, 5.41) is 75.7. The summed E-state index contributed by atoms with van der Waals surface area (Å²) >= 11 is 0. The van der Waals surface area contributed by atoms with Crippen LogP contribution in [0.15, 0.2) is 12.2 Å². The Hall–Kier alpha value is -1.15. The van der Waals surface area contributed by atoms with Crippen LogP contribution in [0.1, 0.15) is 219 Å². The molecule has 1 heterocycles. The van der Waals surface area contributed by atoms with Gasteiger partial charge in [0.05, 0.1) is 25.4 Å². The average Bonchev–Trinajstić information content (AvgIpc) is 3.23. The molecule has 0 aromatic heterocycles. The number of aliphatic hydroxyl groups excluding tert-OH is 7. The van der Waals surface area contributed by atoms with E-state index in [2.05, 4.69) is 31.3 Å². The van der Waals surface area contributed by atoms with Crippen molar-refractivity contribution in [2.75, 3.05) is 13.2 Å². The minimum absolute atomic E-state index is 0.260. The first-order valence-electron chi connectivity index (χ1n) is 24.6. The summed E-state index contributed by atoms with van der Waals surface area (Å²) in [5.41, 5.74) is 0. The van der Waals surface area contributed by atoms with Gasteiger partial charge in [-0.3, -0.25) is 4.79 Å². The van der Waals surface area contributed by atoms with E-state index >= 15 is 0 Å². The first kappa shape index (κ1) is 55.9. The molecular formula is C48H93NO10. The smallest absolute Gasteiger partial charge is 0.249 e. The third-order valence-corrected chi connectivity index (χ3v) is 12.1. The Balaban J connectivity index is 2.39. The predicted octanol–water partition coefficient (Wildman–Crippen LogP) is 8.45. The van der Waals surface area contributed by atoms with E-state index in [1.54, 1.807) is 0 Å². The summed E-state index contributed by atoms with van der Waals surface area (Å²) in [4.78, 5) is 13.1. The van der Waals surface area contributed by atoms with E-state index in [1.165, 1.54) is 141 Å². The van der Waals surface area contributed by atoms with Gasteiger partial charge in [-0.25, -0.2) is 0 Å². The van der Waals surface area contributed by atoms with Gasteiger partial charge in [0.2, 0.25) is 5.91 Å². The van der Waals surface area contributed by atoms with Crippen molar-refractivity contribution in [3.05, 3.63) is 12.2 Å². The van der Waals surface area contributed by atoms with Gasteiger partial charge >= 0.3 is 0 Å². The summed E-state index contributed by atoms with van der Waals surface area (Å²) < 4.78 is 11.1. The molecule has 350 valence electrons. The Morgan fingerprint density at radius 2 is 0.983 bits per heavy atom. The van der Waals surface area contributed by atoms with Crippen molar-refractivity contribution in [1.29, 1.82) is 0 Å². The fourth-order valence-corrected chi connectivity index (χ4v) is 7.96. The molecule has 1 aliphatic rings. The number of nitrogens with one attached hydrogen (secondary N) is 1. The maximum Gasteiger partial charge on any atom is 0.249 e. The van der Waals surface area contributed by atoms with Crippen LogP contribution in [0.5, 0.6) is 0 Å². The van der Waals surface area contributed by atoms with Crippen LogP contribution < -0.4 is 5.32 Å². The predicted molar refractivity (Wildman–Crippen MR) is 238 cm³/mol. The van der Waals surface area contributed by atoms with Crippen LogP contribution >= 0.6 is 0 Å². The van der Waals surface area contributed by atoms with E-state index < -0.39 is 74.2 Å². The third-order valence-electron chi connectivity index (χ3n) is 12.1. The Labute approximate surface area is 360 Å². The normalized spacial score (nSPS) is 21.8. The lowest BCUT2D eigenvalue weighted by atomic mass is 9.98. The fraction of sp³-hybridized carbons (Fsp3) is 0.938. The van der Waals surface area contributed by atoms with Gasteiger partial charge in [0.15, 0.2) is 6.29 Å². The maximum atomic E-state index is 13.1. The molecule has 0 bridgehead atoms. The molecule has 0 spiro atoms. The second-order valence-corrected chi connectivity index (χ2v) is 17.5. The standard InChI is InChI=1S/C48H93NO10/c1-3-5-7-9-11-13-15-17-18-19-20-21-22-23-24-26-28-30-32-34-36-41(52)47(57)49-39(38-58-48-46(56)45(55)44(54)42(37-50)59-48)43(53)40(51)35-33-31-29-27-25-16-14-12-10-8-6-4-2/h25,27,39-46,48,50-56H,3-24,26,28-38H2,1-2H3,(H,49,57)/t39?,40-,41+,42-,43+,44-,45+,46-,48-/m1/s1. The maximum absolute atomic E-state index is 13.1. The molecule has 11 nitrogen and oxygen atoms in total. The van der Waals surface area contributed by atoms with E-state index in [9.17, 15) is 40.5 Å². The van der Waals surface area contributed by atoms with Crippen LogP contribution in [0.4, 0.5) is 0 Å². The van der Waals surface area contributed by atoms with Gasteiger partial charge in [0.25, 0.3) is 0 Å². The topological polar surface area (TPSA) is 189 Å². The zero-order valence-corrected chi connectivity index (χ0v) is 37.7. The lowest BCUT2D eigenvalue weighted by molar-refractivity contribution is -0.303. The van der Waals surface area contributed by atoms with Crippen LogP contribution in [-0.2, 0) is 14.3 Å². The van der Waals surface area contributed by atoms with Crippen molar-refractivity contribution in [3.8, 4) is 0 Å². The number of unbranched alkanes of at least 4 members (excludes halogenated alkanes) is 27. The SMILES string of the molecule is CCCCCCCCC=CCCCC[C@@H](O)[C@@H](O)C(CO[C@@H]1O[C@H](CO)[C@@H](O)[C@H](O)[C@H]1O)NC(=O)[C@@H](O)CCCCCCCCCCCCCCCCCCCCCC. The van der Waals surface area contributed by atoms with E-state index in [1.807, 2.05) is 0 Å².